The summed E-state index contributed by atoms with van der Waals surface area (Å²) in [5, 5.41) is 2.73. The van der Waals surface area contributed by atoms with Crippen LogP contribution in [0, 0.1) is 0 Å². The van der Waals surface area contributed by atoms with Crippen LogP contribution in [-0.4, -0.2) is 31.3 Å². The van der Waals surface area contributed by atoms with Crippen molar-refractivity contribution in [3.63, 3.8) is 0 Å². The predicted molar refractivity (Wildman–Crippen MR) is 105 cm³/mol. The van der Waals surface area contributed by atoms with Gasteiger partial charge in [-0.3, -0.25) is 9.59 Å². The fourth-order valence-corrected chi connectivity index (χ4v) is 3.76. The van der Waals surface area contributed by atoms with E-state index in [1.807, 2.05) is 30.3 Å². The molecule has 0 atom stereocenters. The van der Waals surface area contributed by atoms with Crippen LogP contribution in [0.3, 0.4) is 0 Å². The lowest BCUT2D eigenvalue weighted by Crippen LogP contribution is -2.28. The summed E-state index contributed by atoms with van der Waals surface area (Å²) in [7, 11) is 1.60. The van der Waals surface area contributed by atoms with Crippen LogP contribution in [0.15, 0.2) is 47.4 Å². The van der Waals surface area contributed by atoms with E-state index in [0.717, 1.165) is 29.1 Å². The Bertz CT molecular complexity index is 822. The first-order valence-corrected chi connectivity index (χ1v) is 9.92. The second kappa shape index (κ2) is 9.46. The molecule has 2 aromatic carbocycles. The standard InChI is InChI=1S/C21H23NO4S/c1-25-18-7-2-4-15(10-18)12-22-20(23)13-26-21(24)14-27-19-9-8-16-5-3-6-17(16)11-19/h2,4,7-11H,3,5-6,12-14H2,1H3,(H,22,23). The Hall–Kier alpha value is -2.47. The molecule has 0 heterocycles. The number of aryl methyl sites for hydroxylation is 2. The number of nitrogens with one attached hydrogen (secondary N) is 1. The van der Waals surface area contributed by atoms with Crippen molar-refractivity contribution in [1.29, 1.82) is 0 Å². The van der Waals surface area contributed by atoms with E-state index < -0.39 is 5.97 Å². The monoisotopic (exact) mass is 385 g/mol. The van der Waals surface area contributed by atoms with Gasteiger partial charge in [0.15, 0.2) is 6.61 Å². The number of methoxy groups -OCH3 is 1. The van der Waals surface area contributed by atoms with Gasteiger partial charge in [0.25, 0.3) is 5.91 Å². The molecule has 5 nitrogen and oxygen atoms in total. The van der Waals surface area contributed by atoms with E-state index in [1.165, 1.54) is 29.3 Å². The van der Waals surface area contributed by atoms with E-state index in [4.69, 9.17) is 9.47 Å². The van der Waals surface area contributed by atoms with Gasteiger partial charge in [0.05, 0.1) is 12.9 Å². The summed E-state index contributed by atoms with van der Waals surface area (Å²) in [6.07, 6.45) is 3.46. The van der Waals surface area contributed by atoms with Gasteiger partial charge < -0.3 is 14.8 Å². The number of benzene rings is 2. The summed E-state index contributed by atoms with van der Waals surface area (Å²) in [4.78, 5) is 24.8. The van der Waals surface area contributed by atoms with Crippen LogP contribution in [-0.2, 0) is 33.7 Å². The number of hydrogen-bond acceptors (Lipinski definition) is 5. The number of ether oxygens (including phenoxy) is 2. The molecule has 2 aromatic rings. The summed E-state index contributed by atoms with van der Waals surface area (Å²) in [6.45, 7) is 0.0883. The van der Waals surface area contributed by atoms with E-state index in [1.54, 1.807) is 7.11 Å². The van der Waals surface area contributed by atoms with Crippen molar-refractivity contribution in [3.05, 3.63) is 59.2 Å². The van der Waals surface area contributed by atoms with E-state index in [9.17, 15) is 9.59 Å². The number of carbonyl (C=O) groups excluding carboxylic acids is 2. The molecule has 1 N–H and O–H groups in total. The van der Waals surface area contributed by atoms with Crippen molar-refractivity contribution in [2.45, 2.75) is 30.7 Å². The summed E-state index contributed by atoms with van der Waals surface area (Å²) < 4.78 is 10.2. The number of amides is 1. The molecule has 142 valence electrons. The molecule has 0 bridgehead atoms. The third kappa shape index (κ3) is 5.76. The van der Waals surface area contributed by atoms with Gasteiger partial charge in [-0.2, -0.15) is 0 Å². The molecule has 0 aromatic heterocycles. The van der Waals surface area contributed by atoms with Gasteiger partial charge in [-0.15, -0.1) is 11.8 Å². The van der Waals surface area contributed by atoms with Crippen molar-refractivity contribution in [2.75, 3.05) is 19.5 Å². The first-order valence-electron chi connectivity index (χ1n) is 8.94. The van der Waals surface area contributed by atoms with E-state index >= 15 is 0 Å². The Morgan fingerprint density at radius 1 is 1.11 bits per heavy atom. The lowest BCUT2D eigenvalue weighted by molar-refractivity contribution is -0.145. The van der Waals surface area contributed by atoms with Crippen molar-refractivity contribution in [3.8, 4) is 5.75 Å². The number of rotatable bonds is 8. The lowest BCUT2D eigenvalue weighted by atomic mass is 10.1. The maximum absolute atomic E-state index is 11.9. The second-order valence-electron chi connectivity index (χ2n) is 6.36. The molecule has 0 radical (unpaired) electrons. The largest absolute Gasteiger partial charge is 0.497 e. The summed E-state index contributed by atoms with van der Waals surface area (Å²) >= 11 is 1.44. The molecule has 1 amide bonds. The van der Waals surface area contributed by atoms with Gasteiger partial charge >= 0.3 is 5.97 Å². The van der Waals surface area contributed by atoms with Crippen molar-refractivity contribution >= 4 is 23.6 Å². The van der Waals surface area contributed by atoms with Gasteiger partial charge in [0, 0.05) is 11.4 Å². The highest BCUT2D eigenvalue weighted by atomic mass is 32.2. The zero-order valence-corrected chi connectivity index (χ0v) is 16.1. The molecule has 3 rings (SSSR count). The highest BCUT2D eigenvalue weighted by Gasteiger charge is 2.12. The Morgan fingerprint density at radius 2 is 1.96 bits per heavy atom. The van der Waals surface area contributed by atoms with Crippen LogP contribution in [0.25, 0.3) is 0 Å². The number of hydrogen-bond donors (Lipinski definition) is 1. The molecule has 0 saturated carbocycles. The van der Waals surface area contributed by atoms with Crippen molar-refractivity contribution in [1.82, 2.24) is 5.32 Å². The van der Waals surface area contributed by atoms with Crippen LogP contribution in [0.2, 0.25) is 0 Å². The van der Waals surface area contributed by atoms with Crippen molar-refractivity contribution in [2.24, 2.45) is 0 Å². The Morgan fingerprint density at radius 3 is 2.81 bits per heavy atom. The minimum Gasteiger partial charge on any atom is -0.497 e. The predicted octanol–water partition coefficient (Wildman–Crippen LogP) is 3.14. The molecule has 6 heteroatoms. The molecule has 1 aliphatic carbocycles. The third-order valence-electron chi connectivity index (χ3n) is 4.41. The van der Waals surface area contributed by atoms with Gasteiger partial charge in [0.2, 0.25) is 0 Å². The zero-order chi connectivity index (χ0) is 19.1. The number of fused-ring (bicyclic) bond motifs is 1. The van der Waals surface area contributed by atoms with E-state index in [2.05, 4.69) is 17.4 Å². The summed E-state index contributed by atoms with van der Waals surface area (Å²) in [6, 6.07) is 13.8. The zero-order valence-electron chi connectivity index (χ0n) is 15.3. The molecule has 0 unspecified atom stereocenters. The Kier molecular flexibility index (Phi) is 6.76. The fraction of sp³-hybridized carbons (Fsp3) is 0.333. The van der Waals surface area contributed by atoms with Crippen LogP contribution in [0.5, 0.6) is 5.75 Å². The Labute approximate surface area is 163 Å². The van der Waals surface area contributed by atoms with Crippen LogP contribution in [0.1, 0.15) is 23.1 Å². The summed E-state index contributed by atoms with van der Waals surface area (Å²) in [5.74, 6) is 0.213. The highest BCUT2D eigenvalue weighted by molar-refractivity contribution is 8.00. The SMILES string of the molecule is COc1cccc(CNC(=O)COC(=O)CSc2ccc3c(c2)CCC3)c1. The number of carbonyl (C=O) groups is 2. The molecule has 0 aliphatic heterocycles. The molecule has 0 saturated heterocycles. The molecule has 0 fully saturated rings. The maximum atomic E-state index is 11.9. The van der Waals surface area contributed by atoms with E-state index in [0.29, 0.717) is 6.54 Å². The molecule has 27 heavy (non-hydrogen) atoms. The molecule has 0 spiro atoms. The van der Waals surface area contributed by atoms with Gasteiger partial charge in [-0.25, -0.2) is 0 Å². The average Bonchev–Trinajstić information content (AvgIpc) is 3.17. The summed E-state index contributed by atoms with van der Waals surface area (Å²) in [5.41, 5.74) is 3.71. The average molecular weight is 385 g/mol. The smallest absolute Gasteiger partial charge is 0.316 e. The maximum Gasteiger partial charge on any atom is 0.316 e. The number of esters is 1. The topological polar surface area (TPSA) is 64.6 Å². The molecular formula is C21H23NO4S. The van der Waals surface area contributed by atoms with Gasteiger partial charge in [0.1, 0.15) is 5.75 Å². The van der Waals surface area contributed by atoms with Gasteiger partial charge in [-0.1, -0.05) is 18.2 Å². The lowest BCUT2D eigenvalue weighted by Gasteiger charge is -2.08. The minimum absolute atomic E-state index is 0.196. The van der Waals surface area contributed by atoms with Crippen LogP contribution < -0.4 is 10.1 Å². The number of thioether (sulfide) groups is 1. The van der Waals surface area contributed by atoms with Crippen LogP contribution in [0.4, 0.5) is 0 Å². The third-order valence-corrected chi connectivity index (χ3v) is 5.38. The highest BCUT2D eigenvalue weighted by Crippen LogP contribution is 2.27. The Balaban J connectivity index is 1.36. The van der Waals surface area contributed by atoms with Crippen molar-refractivity contribution < 1.29 is 19.1 Å². The van der Waals surface area contributed by atoms with E-state index in [-0.39, 0.29) is 18.3 Å². The minimum atomic E-state index is -0.392. The second-order valence-corrected chi connectivity index (χ2v) is 7.41. The van der Waals surface area contributed by atoms with Gasteiger partial charge in [-0.05, 0) is 60.2 Å². The first kappa shape index (κ1) is 19.3. The molecule has 1 aliphatic rings. The van der Waals surface area contributed by atoms with Crippen LogP contribution >= 0.6 is 11.8 Å². The normalized spacial score (nSPS) is 12.3. The first-order chi connectivity index (χ1) is 13.1. The fourth-order valence-electron chi connectivity index (χ4n) is 3.00. The quantitative estimate of drug-likeness (QED) is 0.559. The molecular weight excluding hydrogens is 362 g/mol.